The molecule has 0 aliphatic heterocycles. The van der Waals surface area contributed by atoms with Crippen LogP contribution in [0.2, 0.25) is 0 Å². The molecule has 0 aromatic heterocycles. The minimum absolute atomic E-state index is 0.0187. The smallest absolute Gasteiger partial charge is 0.0883 e. The van der Waals surface area contributed by atoms with Gasteiger partial charge in [-0.3, -0.25) is 0 Å². The van der Waals surface area contributed by atoms with Crippen LogP contribution in [0.15, 0.2) is 42.5 Å². The van der Waals surface area contributed by atoms with Crippen LogP contribution < -0.4 is 0 Å². The highest BCUT2D eigenvalue weighted by Crippen LogP contribution is 2.29. The van der Waals surface area contributed by atoms with Crippen molar-refractivity contribution in [2.24, 2.45) is 0 Å². The van der Waals surface area contributed by atoms with Gasteiger partial charge in [-0.25, -0.2) is 0 Å². The molecule has 0 saturated heterocycles. The Morgan fingerprint density at radius 1 is 1.19 bits per heavy atom. The second-order valence-corrected chi connectivity index (χ2v) is 4.72. The minimum atomic E-state index is -0.350. The molecule has 1 aliphatic carbocycles. The summed E-state index contributed by atoms with van der Waals surface area (Å²) in [5.41, 5.74) is 0.838. The van der Waals surface area contributed by atoms with Gasteiger partial charge in [0.05, 0.1) is 17.8 Å². The number of hydrogen-bond acceptors (Lipinski definition) is 2. The molecule has 86 valence electrons. The topological polar surface area (TPSA) is 29.5 Å². The lowest BCUT2D eigenvalue weighted by Crippen LogP contribution is -2.27. The lowest BCUT2D eigenvalue weighted by atomic mass is 9.98. The molecule has 0 heterocycles. The van der Waals surface area contributed by atoms with Gasteiger partial charge in [0.25, 0.3) is 0 Å². The summed E-state index contributed by atoms with van der Waals surface area (Å²) in [5, 5.41) is 9.40. The first-order valence-corrected chi connectivity index (χ1v) is 5.68. The Labute approximate surface area is 96.6 Å². The highest BCUT2D eigenvalue weighted by molar-refractivity contribution is 5.21. The van der Waals surface area contributed by atoms with Gasteiger partial charge in [-0.1, -0.05) is 42.5 Å². The van der Waals surface area contributed by atoms with Crippen molar-refractivity contribution in [3.8, 4) is 0 Å². The minimum Gasteiger partial charge on any atom is -0.389 e. The summed E-state index contributed by atoms with van der Waals surface area (Å²) in [6, 6.07) is 10.2. The second-order valence-electron chi connectivity index (χ2n) is 4.72. The van der Waals surface area contributed by atoms with Crippen LogP contribution in [-0.4, -0.2) is 17.3 Å². The molecule has 1 N–H and O–H groups in total. The van der Waals surface area contributed by atoms with Crippen LogP contribution in [0.25, 0.3) is 0 Å². The third kappa shape index (κ3) is 2.52. The van der Waals surface area contributed by atoms with Crippen LogP contribution in [0, 0.1) is 0 Å². The van der Waals surface area contributed by atoms with E-state index in [0.29, 0.717) is 6.42 Å². The fraction of sp³-hybridized carbons (Fsp3) is 0.429. The summed E-state index contributed by atoms with van der Waals surface area (Å²) in [6.07, 6.45) is 4.07. The Kier molecular flexibility index (Phi) is 3.13. The summed E-state index contributed by atoms with van der Waals surface area (Å²) < 4.78 is 6.01. The molecule has 0 radical (unpaired) electrons. The highest BCUT2D eigenvalue weighted by atomic mass is 16.5. The SMILES string of the molecule is CC(C)(OC1C=CC(O)C1)c1ccccc1. The molecule has 0 saturated carbocycles. The van der Waals surface area contributed by atoms with Gasteiger partial charge in [0.1, 0.15) is 0 Å². The molecule has 2 nitrogen and oxygen atoms in total. The van der Waals surface area contributed by atoms with Crippen LogP contribution in [0.5, 0.6) is 0 Å². The molecule has 1 aromatic rings. The van der Waals surface area contributed by atoms with E-state index in [0.717, 1.165) is 5.56 Å². The van der Waals surface area contributed by atoms with Gasteiger partial charge >= 0.3 is 0 Å². The maximum Gasteiger partial charge on any atom is 0.0883 e. The largest absolute Gasteiger partial charge is 0.389 e. The molecular weight excluding hydrogens is 200 g/mol. The quantitative estimate of drug-likeness (QED) is 0.790. The Balaban J connectivity index is 2.06. The van der Waals surface area contributed by atoms with Gasteiger partial charge in [-0.2, -0.15) is 0 Å². The van der Waals surface area contributed by atoms with E-state index in [4.69, 9.17) is 4.74 Å². The van der Waals surface area contributed by atoms with E-state index >= 15 is 0 Å². The molecule has 0 bridgehead atoms. The van der Waals surface area contributed by atoms with Crippen molar-refractivity contribution in [1.29, 1.82) is 0 Å². The zero-order valence-electron chi connectivity index (χ0n) is 9.76. The maximum atomic E-state index is 9.40. The number of aliphatic hydroxyl groups is 1. The maximum absolute atomic E-state index is 9.40. The summed E-state index contributed by atoms with van der Waals surface area (Å²) in [6.45, 7) is 4.11. The average Bonchev–Trinajstić information content (AvgIpc) is 2.64. The van der Waals surface area contributed by atoms with Gasteiger partial charge < -0.3 is 9.84 Å². The predicted octanol–water partition coefficient (Wildman–Crippen LogP) is 2.63. The average molecular weight is 218 g/mol. The van der Waals surface area contributed by atoms with Gasteiger partial charge in [0.2, 0.25) is 0 Å². The van der Waals surface area contributed by atoms with Gasteiger partial charge in [0.15, 0.2) is 0 Å². The number of hydrogen-bond donors (Lipinski definition) is 1. The van der Waals surface area contributed by atoms with Crippen LogP contribution in [-0.2, 0) is 10.3 Å². The molecular formula is C14H18O2. The molecule has 2 heteroatoms. The summed E-state index contributed by atoms with van der Waals surface area (Å²) in [4.78, 5) is 0. The van der Waals surface area contributed by atoms with E-state index in [-0.39, 0.29) is 17.8 Å². The van der Waals surface area contributed by atoms with E-state index < -0.39 is 0 Å². The van der Waals surface area contributed by atoms with E-state index in [1.807, 2.05) is 24.3 Å². The van der Waals surface area contributed by atoms with Crippen molar-refractivity contribution in [2.45, 2.75) is 38.1 Å². The Bertz CT molecular complexity index is 368. The van der Waals surface area contributed by atoms with E-state index in [1.165, 1.54) is 0 Å². The highest BCUT2D eigenvalue weighted by Gasteiger charge is 2.27. The lowest BCUT2D eigenvalue weighted by Gasteiger charge is -2.29. The summed E-state index contributed by atoms with van der Waals surface area (Å²) in [5.74, 6) is 0. The standard InChI is InChI=1S/C14H18O2/c1-14(2,11-6-4-3-5-7-11)16-13-9-8-12(15)10-13/h3-9,12-13,15H,10H2,1-2H3. The Hall–Kier alpha value is -1.12. The van der Waals surface area contributed by atoms with Crippen molar-refractivity contribution in [2.75, 3.05) is 0 Å². The summed E-state index contributed by atoms with van der Waals surface area (Å²) >= 11 is 0. The van der Waals surface area contributed by atoms with E-state index in [9.17, 15) is 5.11 Å². The first kappa shape index (κ1) is 11.4. The molecule has 1 aromatic carbocycles. The molecule has 2 unspecified atom stereocenters. The predicted molar refractivity (Wildman–Crippen MR) is 64.1 cm³/mol. The third-order valence-corrected chi connectivity index (χ3v) is 2.94. The van der Waals surface area contributed by atoms with Crippen LogP contribution >= 0.6 is 0 Å². The van der Waals surface area contributed by atoms with Crippen molar-refractivity contribution in [1.82, 2.24) is 0 Å². The first-order valence-electron chi connectivity index (χ1n) is 5.68. The normalized spacial score (nSPS) is 24.9. The fourth-order valence-corrected chi connectivity index (χ4v) is 2.02. The van der Waals surface area contributed by atoms with Crippen LogP contribution in [0.3, 0.4) is 0 Å². The molecule has 16 heavy (non-hydrogen) atoms. The van der Waals surface area contributed by atoms with E-state index in [2.05, 4.69) is 26.0 Å². The summed E-state index contributed by atoms with van der Waals surface area (Å²) in [7, 11) is 0. The Morgan fingerprint density at radius 2 is 1.88 bits per heavy atom. The number of aliphatic hydroxyl groups excluding tert-OH is 1. The van der Waals surface area contributed by atoms with Gasteiger partial charge in [-0.05, 0) is 19.4 Å². The first-order chi connectivity index (χ1) is 7.58. The molecule has 0 spiro atoms. The number of ether oxygens (including phenoxy) is 1. The molecule has 1 aliphatic rings. The van der Waals surface area contributed by atoms with Crippen molar-refractivity contribution in [3.05, 3.63) is 48.0 Å². The lowest BCUT2D eigenvalue weighted by molar-refractivity contribution is -0.0616. The van der Waals surface area contributed by atoms with Crippen LogP contribution in [0.1, 0.15) is 25.8 Å². The molecule has 2 atom stereocenters. The zero-order chi connectivity index (χ0) is 11.6. The zero-order valence-corrected chi connectivity index (χ0v) is 9.76. The van der Waals surface area contributed by atoms with Crippen molar-refractivity contribution >= 4 is 0 Å². The molecule has 2 rings (SSSR count). The van der Waals surface area contributed by atoms with E-state index in [1.54, 1.807) is 6.08 Å². The molecule has 0 fully saturated rings. The van der Waals surface area contributed by atoms with Crippen molar-refractivity contribution < 1.29 is 9.84 Å². The molecule has 0 amide bonds. The second kappa shape index (κ2) is 4.40. The number of rotatable bonds is 3. The number of benzene rings is 1. The van der Waals surface area contributed by atoms with Crippen molar-refractivity contribution in [3.63, 3.8) is 0 Å². The monoisotopic (exact) mass is 218 g/mol. The van der Waals surface area contributed by atoms with Crippen LogP contribution in [0.4, 0.5) is 0 Å². The third-order valence-electron chi connectivity index (χ3n) is 2.94. The fourth-order valence-electron chi connectivity index (χ4n) is 2.02. The van der Waals surface area contributed by atoms with Gasteiger partial charge in [0, 0.05) is 6.42 Å². The van der Waals surface area contributed by atoms with Gasteiger partial charge in [-0.15, -0.1) is 0 Å². The Morgan fingerprint density at radius 3 is 2.44 bits per heavy atom.